The number of nitrogens with one attached hydrogen (secondary N) is 1. The fourth-order valence-corrected chi connectivity index (χ4v) is 3.39. The van der Waals surface area contributed by atoms with Crippen molar-refractivity contribution in [1.82, 2.24) is 4.57 Å². The van der Waals surface area contributed by atoms with Gasteiger partial charge >= 0.3 is 6.09 Å². The first-order valence-electron chi connectivity index (χ1n) is 9.13. The average Bonchev–Trinajstić information content (AvgIpc) is 3.01. The van der Waals surface area contributed by atoms with Crippen LogP contribution in [0.3, 0.4) is 0 Å². The van der Waals surface area contributed by atoms with Gasteiger partial charge in [-0.15, -0.1) is 0 Å². The highest BCUT2D eigenvalue weighted by Gasteiger charge is 2.19. The summed E-state index contributed by atoms with van der Waals surface area (Å²) >= 11 is 6.04. The predicted molar refractivity (Wildman–Crippen MR) is 112 cm³/mol. The summed E-state index contributed by atoms with van der Waals surface area (Å²) in [5.41, 5.74) is 2.47. The monoisotopic (exact) mass is 384 g/mol. The summed E-state index contributed by atoms with van der Waals surface area (Å²) in [7, 11) is 0. The van der Waals surface area contributed by atoms with E-state index in [9.17, 15) is 4.79 Å². The zero-order valence-electron chi connectivity index (χ0n) is 16.1. The van der Waals surface area contributed by atoms with Gasteiger partial charge in [0.1, 0.15) is 5.60 Å². The summed E-state index contributed by atoms with van der Waals surface area (Å²) < 4.78 is 7.61. The normalized spacial score (nSPS) is 12.8. The van der Waals surface area contributed by atoms with Crippen molar-refractivity contribution in [2.75, 3.05) is 5.32 Å². The Morgan fingerprint density at radius 3 is 2.48 bits per heavy atom. The van der Waals surface area contributed by atoms with Crippen molar-refractivity contribution >= 4 is 34.3 Å². The van der Waals surface area contributed by atoms with E-state index in [1.807, 2.05) is 51.1 Å². The number of carbonyl (C=O) groups is 1. The van der Waals surface area contributed by atoms with Gasteiger partial charge in [0, 0.05) is 16.6 Å². The van der Waals surface area contributed by atoms with Crippen molar-refractivity contribution in [2.24, 2.45) is 0 Å². The molecule has 0 saturated heterocycles. The summed E-state index contributed by atoms with van der Waals surface area (Å²) in [6, 6.07) is 16.1. The Bertz CT molecular complexity index is 939. The Kier molecular flexibility index (Phi) is 5.47. The van der Waals surface area contributed by atoms with Gasteiger partial charge in [0.25, 0.3) is 0 Å². The summed E-state index contributed by atoms with van der Waals surface area (Å²) in [6.07, 6.45) is 2.55. The van der Waals surface area contributed by atoms with Gasteiger partial charge in [-0.2, -0.15) is 0 Å². The molecule has 0 aliphatic rings. The second-order valence-corrected chi connectivity index (χ2v) is 8.00. The second kappa shape index (κ2) is 7.65. The van der Waals surface area contributed by atoms with Crippen LogP contribution in [0.25, 0.3) is 10.9 Å². The van der Waals surface area contributed by atoms with Gasteiger partial charge in [0.15, 0.2) is 0 Å². The number of hydrogen-bond acceptors (Lipinski definition) is 2. The van der Waals surface area contributed by atoms with Crippen LogP contribution in [0.4, 0.5) is 10.5 Å². The van der Waals surface area contributed by atoms with E-state index in [0.717, 1.165) is 28.0 Å². The third kappa shape index (κ3) is 4.45. The van der Waals surface area contributed by atoms with Crippen LogP contribution in [0.5, 0.6) is 0 Å². The molecule has 0 aliphatic heterocycles. The number of rotatable bonds is 4. The highest BCUT2D eigenvalue weighted by Crippen LogP contribution is 2.31. The molecule has 1 unspecified atom stereocenters. The predicted octanol–water partition coefficient (Wildman–Crippen LogP) is 6.64. The van der Waals surface area contributed by atoms with Crippen LogP contribution in [-0.4, -0.2) is 16.3 Å². The first kappa shape index (κ1) is 19.3. The molecule has 5 heteroatoms. The van der Waals surface area contributed by atoms with Crippen molar-refractivity contribution in [1.29, 1.82) is 0 Å². The number of ether oxygens (including phenoxy) is 1. The second-order valence-electron chi connectivity index (χ2n) is 7.56. The fourth-order valence-electron chi connectivity index (χ4n) is 3.26. The van der Waals surface area contributed by atoms with Gasteiger partial charge in [-0.05, 0) is 63.1 Å². The van der Waals surface area contributed by atoms with Gasteiger partial charge in [0.2, 0.25) is 0 Å². The molecule has 2 aromatic carbocycles. The first-order chi connectivity index (χ1) is 12.8. The molecule has 4 nitrogen and oxygen atoms in total. The largest absolute Gasteiger partial charge is 0.444 e. The number of carbonyl (C=O) groups excluding carboxylic acids is 1. The van der Waals surface area contributed by atoms with E-state index in [1.54, 1.807) is 0 Å². The van der Waals surface area contributed by atoms with E-state index in [2.05, 4.69) is 41.2 Å². The van der Waals surface area contributed by atoms with Crippen molar-refractivity contribution in [3.8, 4) is 0 Å². The van der Waals surface area contributed by atoms with Gasteiger partial charge in [-0.3, -0.25) is 5.32 Å². The maximum absolute atomic E-state index is 12.2. The fraction of sp³-hybridized carbons (Fsp3) is 0.318. The molecular formula is C22H25ClN2O2. The third-order valence-electron chi connectivity index (χ3n) is 4.38. The Morgan fingerprint density at radius 1 is 1.15 bits per heavy atom. The van der Waals surface area contributed by atoms with E-state index < -0.39 is 11.7 Å². The van der Waals surface area contributed by atoms with Crippen molar-refractivity contribution in [2.45, 2.75) is 45.8 Å². The smallest absolute Gasteiger partial charge is 0.412 e. The molecule has 1 aromatic heterocycles. The molecule has 3 rings (SSSR count). The van der Waals surface area contributed by atoms with Gasteiger partial charge in [-0.25, -0.2) is 4.79 Å². The van der Waals surface area contributed by atoms with Crippen LogP contribution >= 0.6 is 11.6 Å². The molecule has 1 atom stereocenters. The lowest BCUT2D eigenvalue weighted by atomic mass is 10.0. The zero-order valence-corrected chi connectivity index (χ0v) is 16.9. The number of aromatic nitrogens is 1. The molecule has 0 saturated carbocycles. The number of hydrogen-bond donors (Lipinski definition) is 1. The van der Waals surface area contributed by atoms with Crippen LogP contribution < -0.4 is 5.32 Å². The highest BCUT2D eigenvalue weighted by molar-refractivity contribution is 6.30. The molecule has 0 radical (unpaired) electrons. The summed E-state index contributed by atoms with van der Waals surface area (Å²) in [5.74, 6) is 0. The highest BCUT2D eigenvalue weighted by atomic mass is 35.5. The number of benzene rings is 2. The minimum absolute atomic E-state index is 0.191. The SMILES string of the molecule is CCC(c1ccc(Cl)cc1)n1ccc2c(NC(=O)OC(C)(C)C)cccc21. The minimum Gasteiger partial charge on any atom is -0.444 e. The van der Waals surface area contributed by atoms with Crippen LogP contribution in [0, 0.1) is 0 Å². The van der Waals surface area contributed by atoms with Gasteiger partial charge in [0.05, 0.1) is 17.2 Å². The maximum atomic E-state index is 12.2. The third-order valence-corrected chi connectivity index (χ3v) is 4.63. The lowest BCUT2D eigenvalue weighted by molar-refractivity contribution is 0.0636. The Labute approximate surface area is 165 Å². The van der Waals surface area contributed by atoms with Crippen molar-refractivity contribution in [3.63, 3.8) is 0 Å². The summed E-state index contributed by atoms with van der Waals surface area (Å²) in [4.78, 5) is 12.2. The molecule has 27 heavy (non-hydrogen) atoms. The Balaban J connectivity index is 1.95. The number of fused-ring (bicyclic) bond motifs is 1. The van der Waals surface area contributed by atoms with E-state index in [1.165, 1.54) is 5.56 Å². The van der Waals surface area contributed by atoms with Gasteiger partial charge in [-0.1, -0.05) is 36.7 Å². The van der Waals surface area contributed by atoms with E-state index in [4.69, 9.17) is 16.3 Å². The van der Waals surface area contributed by atoms with Crippen LogP contribution in [0.1, 0.15) is 45.7 Å². The van der Waals surface area contributed by atoms with Crippen molar-refractivity contribution in [3.05, 3.63) is 65.3 Å². The molecule has 0 spiro atoms. The lowest BCUT2D eigenvalue weighted by Gasteiger charge is -2.21. The molecule has 1 heterocycles. The summed E-state index contributed by atoms with van der Waals surface area (Å²) in [5, 5.41) is 4.58. The van der Waals surface area contributed by atoms with Gasteiger partial charge < -0.3 is 9.30 Å². The van der Waals surface area contributed by atoms with Crippen LogP contribution in [0.2, 0.25) is 5.02 Å². The number of halogens is 1. The number of anilines is 1. The maximum Gasteiger partial charge on any atom is 0.412 e. The minimum atomic E-state index is -0.536. The van der Waals surface area contributed by atoms with Crippen LogP contribution in [-0.2, 0) is 4.74 Å². The van der Waals surface area contributed by atoms with E-state index >= 15 is 0 Å². The molecule has 1 N–H and O–H groups in total. The number of nitrogens with zero attached hydrogens (tertiary/aromatic N) is 1. The molecule has 0 aliphatic carbocycles. The summed E-state index contributed by atoms with van der Waals surface area (Å²) in [6.45, 7) is 7.71. The average molecular weight is 385 g/mol. The van der Waals surface area contributed by atoms with Crippen molar-refractivity contribution < 1.29 is 9.53 Å². The van der Waals surface area contributed by atoms with Crippen LogP contribution in [0.15, 0.2) is 54.7 Å². The molecule has 0 bridgehead atoms. The first-order valence-corrected chi connectivity index (χ1v) is 9.51. The zero-order chi connectivity index (χ0) is 19.6. The van der Waals surface area contributed by atoms with E-state index in [0.29, 0.717) is 0 Å². The Morgan fingerprint density at radius 2 is 1.85 bits per heavy atom. The molecule has 142 valence electrons. The molecule has 3 aromatic rings. The number of amides is 1. The molecule has 0 fully saturated rings. The van der Waals surface area contributed by atoms with E-state index in [-0.39, 0.29) is 6.04 Å². The standard InChI is InChI=1S/C22H25ClN2O2/c1-5-19(15-9-11-16(23)12-10-15)25-14-13-17-18(7-6-8-20(17)25)24-21(26)27-22(2,3)4/h6-14,19H,5H2,1-4H3,(H,24,26). The molecular weight excluding hydrogens is 360 g/mol. The molecule has 1 amide bonds. The quantitative estimate of drug-likeness (QED) is 0.547. The Hall–Kier alpha value is -2.46. The topological polar surface area (TPSA) is 43.3 Å². The lowest BCUT2D eigenvalue weighted by Crippen LogP contribution is -2.27.